The molecule has 18 heavy (non-hydrogen) atoms. The van der Waals surface area contributed by atoms with Crippen molar-refractivity contribution in [1.82, 2.24) is 0 Å². The molecule has 2 amide bonds. The van der Waals surface area contributed by atoms with Crippen LogP contribution in [0, 0.1) is 0 Å². The molecular weight excluding hydrogens is 238 g/mol. The Morgan fingerprint density at radius 2 is 1.94 bits per heavy atom. The summed E-state index contributed by atoms with van der Waals surface area (Å²) >= 11 is 0. The van der Waals surface area contributed by atoms with Crippen molar-refractivity contribution in [2.75, 3.05) is 11.5 Å². The molecule has 1 aromatic rings. The van der Waals surface area contributed by atoms with E-state index in [9.17, 15) is 14.4 Å². The van der Waals surface area contributed by atoms with Gasteiger partial charge in [0.1, 0.15) is 5.75 Å². The lowest BCUT2D eigenvalue weighted by atomic mass is 10.3. The van der Waals surface area contributed by atoms with Gasteiger partial charge in [0.25, 0.3) is 0 Å². The second kappa shape index (κ2) is 4.87. The first-order valence-corrected chi connectivity index (χ1v) is 5.38. The van der Waals surface area contributed by atoms with Gasteiger partial charge in [0.15, 0.2) is 6.61 Å². The van der Waals surface area contributed by atoms with Crippen molar-refractivity contribution in [2.24, 2.45) is 0 Å². The van der Waals surface area contributed by atoms with Crippen molar-refractivity contribution >= 4 is 23.5 Å². The summed E-state index contributed by atoms with van der Waals surface area (Å²) < 4.78 is 4.99. The number of carboxylic acid groups (broad SMARTS) is 1. The molecule has 1 saturated heterocycles. The Hall–Kier alpha value is -2.37. The van der Waals surface area contributed by atoms with Crippen LogP contribution < -0.4 is 9.64 Å². The van der Waals surface area contributed by atoms with Crippen molar-refractivity contribution in [3.8, 4) is 5.75 Å². The number of amides is 2. The van der Waals surface area contributed by atoms with Crippen molar-refractivity contribution in [3.05, 3.63) is 24.3 Å². The zero-order chi connectivity index (χ0) is 13.1. The summed E-state index contributed by atoms with van der Waals surface area (Å²) in [6, 6.07) is 6.25. The molecule has 94 valence electrons. The minimum absolute atomic E-state index is 0.207. The number of hydrogen-bond donors (Lipinski definition) is 1. The van der Waals surface area contributed by atoms with Crippen LogP contribution in [-0.2, 0) is 14.4 Å². The van der Waals surface area contributed by atoms with E-state index in [4.69, 9.17) is 9.84 Å². The maximum absolute atomic E-state index is 11.5. The van der Waals surface area contributed by atoms with Gasteiger partial charge >= 0.3 is 5.97 Å². The van der Waals surface area contributed by atoms with Crippen molar-refractivity contribution < 1.29 is 24.2 Å². The molecule has 0 atom stereocenters. The number of anilines is 1. The number of imide groups is 1. The quantitative estimate of drug-likeness (QED) is 0.798. The summed E-state index contributed by atoms with van der Waals surface area (Å²) in [5.74, 6) is -1.29. The van der Waals surface area contributed by atoms with Crippen LogP contribution in [0.3, 0.4) is 0 Å². The minimum atomic E-state index is -1.09. The Kier molecular flexibility index (Phi) is 3.27. The van der Waals surface area contributed by atoms with Gasteiger partial charge in [-0.25, -0.2) is 4.79 Å². The van der Waals surface area contributed by atoms with Gasteiger partial charge in [-0.15, -0.1) is 0 Å². The fraction of sp³-hybridized carbons (Fsp3) is 0.250. The summed E-state index contributed by atoms with van der Waals surface area (Å²) in [4.78, 5) is 34.5. The highest BCUT2D eigenvalue weighted by molar-refractivity contribution is 6.19. The zero-order valence-corrected chi connectivity index (χ0v) is 9.46. The van der Waals surface area contributed by atoms with Crippen LogP contribution >= 0.6 is 0 Å². The average molecular weight is 249 g/mol. The van der Waals surface area contributed by atoms with Crippen LogP contribution in [0.4, 0.5) is 5.69 Å². The van der Waals surface area contributed by atoms with E-state index in [1.807, 2.05) is 0 Å². The summed E-state index contributed by atoms with van der Waals surface area (Å²) in [6.45, 7) is -0.467. The third-order valence-electron chi connectivity index (χ3n) is 2.49. The Balaban J connectivity index is 2.19. The van der Waals surface area contributed by atoms with Gasteiger partial charge in [-0.1, -0.05) is 6.07 Å². The van der Waals surface area contributed by atoms with Gasteiger partial charge in [0.2, 0.25) is 11.8 Å². The van der Waals surface area contributed by atoms with Crippen LogP contribution in [0.15, 0.2) is 24.3 Å². The monoisotopic (exact) mass is 249 g/mol. The Bertz CT molecular complexity index is 495. The summed E-state index contributed by atoms with van der Waals surface area (Å²) in [7, 11) is 0. The molecule has 1 aliphatic rings. The fourth-order valence-corrected chi connectivity index (χ4v) is 1.72. The van der Waals surface area contributed by atoms with E-state index >= 15 is 0 Å². The van der Waals surface area contributed by atoms with Crippen LogP contribution in [0.25, 0.3) is 0 Å². The third kappa shape index (κ3) is 2.48. The molecule has 1 aromatic carbocycles. The third-order valence-corrected chi connectivity index (χ3v) is 2.49. The van der Waals surface area contributed by atoms with E-state index in [1.54, 1.807) is 18.2 Å². The van der Waals surface area contributed by atoms with E-state index in [0.717, 1.165) is 4.90 Å². The highest BCUT2D eigenvalue weighted by Gasteiger charge is 2.30. The van der Waals surface area contributed by atoms with Gasteiger partial charge in [-0.2, -0.15) is 0 Å². The predicted molar refractivity (Wildman–Crippen MR) is 61.3 cm³/mol. The number of nitrogens with zero attached hydrogens (tertiary/aromatic N) is 1. The molecule has 1 N–H and O–H groups in total. The van der Waals surface area contributed by atoms with Gasteiger partial charge in [0.05, 0.1) is 5.69 Å². The second-order valence-electron chi connectivity index (χ2n) is 3.80. The average Bonchev–Trinajstić information content (AvgIpc) is 2.67. The van der Waals surface area contributed by atoms with Gasteiger partial charge in [-0.05, 0) is 12.1 Å². The number of benzene rings is 1. The summed E-state index contributed by atoms with van der Waals surface area (Å²) in [5, 5.41) is 8.50. The number of hydrogen-bond acceptors (Lipinski definition) is 4. The first-order chi connectivity index (χ1) is 8.58. The Morgan fingerprint density at radius 3 is 2.56 bits per heavy atom. The molecule has 2 rings (SSSR count). The van der Waals surface area contributed by atoms with Crippen LogP contribution in [0.5, 0.6) is 5.75 Å². The number of carbonyl (C=O) groups is 3. The van der Waals surface area contributed by atoms with E-state index in [0.29, 0.717) is 11.4 Å². The Morgan fingerprint density at radius 1 is 1.28 bits per heavy atom. The highest BCUT2D eigenvalue weighted by atomic mass is 16.5. The number of aliphatic carboxylic acids is 1. The molecule has 1 aliphatic heterocycles. The molecule has 1 fully saturated rings. The summed E-state index contributed by atoms with van der Waals surface area (Å²) in [6.07, 6.45) is 0.415. The number of carbonyl (C=O) groups excluding carboxylic acids is 2. The topological polar surface area (TPSA) is 83.9 Å². The molecule has 0 saturated carbocycles. The molecule has 0 aromatic heterocycles. The zero-order valence-electron chi connectivity index (χ0n) is 9.46. The van der Waals surface area contributed by atoms with Gasteiger partial charge in [-0.3, -0.25) is 14.5 Å². The van der Waals surface area contributed by atoms with Crippen molar-refractivity contribution in [2.45, 2.75) is 12.8 Å². The molecular formula is C12H11NO5. The largest absolute Gasteiger partial charge is 0.482 e. The standard InChI is InChI=1S/C12H11NO5/c14-10-4-5-11(15)13(10)8-2-1-3-9(6-8)18-7-12(16)17/h1-3,6H,4-5,7H2,(H,16,17). The molecule has 6 nitrogen and oxygen atoms in total. The maximum atomic E-state index is 11.5. The molecule has 1 heterocycles. The first kappa shape index (κ1) is 12.1. The van der Waals surface area contributed by atoms with Crippen molar-refractivity contribution in [1.29, 1.82) is 0 Å². The van der Waals surface area contributed by atoms with E-state index in [2.05, 4.69) is 0 Å². The molecule has 0 unspecified atom stereocenters. The smallest absolute Gasteiger partial charge is 0.341 e. The normalized spacial score (nSPS) is 15.0. The second-order valence-corrected chi connectivity index (χ2v) is 3.80. The van der Waals surface area contributed by atoms with Gasteiger partial charge < -0.3 is 9.84 Å². The Labute approximate surface area is 103 Å². The van der Waals surface area contributed by atoms with Gasteiger partial charge in [0, 0.05) is 18.9 Å². The first-order valence-electron chi connectivity index (χ1n) is 5.38. The van der Waals surface area contributed by atoms with Crippen LogP contribution in [0.1, 0.15) is 12.8 Å². The lowest BCUT2D eigenvalue weighted by Gasteiger charge is -2.14. The molecule has 0 spiro atoms. The molecule has 6 heteroatoms. The molecule has 0 radical (unpaired) electrons. The number of ether oxygens (including phenoxy) is 1. The minimum Gasteiger partial charge on any atom is -0.482 e. The SMILES string of the molecule is O=C(O)COc1cccc(N2C(=O)CCC2=O)c1. The van der Waals surface area contributed by atoms with E-state index in [-0.39, 0.29) is 24.7 Å². The lowest BCUT2D eigenvalue weighted by Crippen LogP contribution is -2.28. The molecule has 0 aliphatic carbocycles. The highest BCUT2D eigenvalue weighted by Crippen LogP contribution is 2.26. The van der Waals surface area contributed by atoms with E-state index < -0.39 is 12.6 Å². The fourth-order valence-electron chi connectivity index (χ4n) is 1.72. The molecule has 0 bridgehead atoms. The van der Waals surface area contributed by atoms with Crippen LogP contribution in [-0.4, -0.2) is 29.5 Å². The number of carboxylic acids is 1. The number of rotatable bonds is 4. The maximum Gasteiger partial charge on any atom is 0.341 e. The lowest BCUT2D eigenvalue weighted by molar-refractivity contribution is -0.139. The predicted octanol–water partition coefficient (Wildman–Crippen LogP) is 0.803. The van der Waals surface area contributed by atoms with E-state index in [1.165, 1.54) is 6.07 Å². The summed E-state index contributed by atoms with van der Waals surface area (Å²) in [5.41, 5.74) is 0.408. The van der Waals surface area contributed by atoms with Crippen LogP contribution in [0.2, 0.25) is 0 Å². The van der Waals surface area contributed by atoms with Crippen molar-refractivity contribution in [3.63, 3.8) is 0 Å².